The number of ether oxygens (including phenoxy) is 2. The molecule has 0 bridgehead atoms. The number of amides is 1. The van der Waals surface area contributed by atoms with Gasteiger partial charge in [0.15, 0.2) is 0 Å². The van der Waals surface area contributed by atoms with Gasteiger partial charge >= 0.3 is 0 Å². The van der Waals surface area contributed by atoms with Crippen molar-refractivity contribution in [2.24, 2.45) is 0 Å². The molecule has 0 aliphatic carbocycles. The third kappa shape index (κ3) is 6.10. The molecule has 0 saturated carbocycles. The van der Waals surface area contributed by atoms with Gasteiger partial charge in [0.1, 0.15) is 5.69 Å². The maximum Gasteiger partial charge on any atom is 0.272 e. The van der Waals surface area contributed by atoms with E-state index in [1.165, 1.54) is 0 Å². The molecule has 0 saturated heterocycles. The summed E-state index contributed by atoms with van der Waals surface area (Å²) >= 11 is 0. The average molecular weight is 295 g/mol. The Balaban J connectivity index is 2.71. The van der Waals surface area contributed by atoms with Crippen LogP contribution in [-0.2, 0) is 9.47 Å². The first-order chi connectivity index (χ1) is 10.2. The lowest BCUT2D eigenvalue weighted by Gasteiger charge is -2.22. The molecule has 6 heteroatoms. The minimum Gasteiger partial charge on any atom is -0.388 e. The van der Waals surface area contributed by atoms with Gasteiger partial charge in [0.05, 0.1) is 13.2 Å². The van der Waals surface area contributed by atoms with Crippen molar-refractivity contribution >= 4 is 11.6 Å². The maximum absolute atomic E-state index is 12.5. The molecule has 0 atom stereocenters. The summed E-state index contributed by atoms with van der Waals surface area (Å²) in [6.07, 6.45) is 1.63. The van der Waals surface area contributed by atoms with Crippen LogP contribution in [0, 0.1) is 0 Å². The van der Waals surface area contributed by atoms with Gasteiger partial charge in [0.2, 0.25) is 0 Å². The van der Waals surface area contributed by atoms with Gasteiger partial charge in [-0.1, -0.05) is 0 Å². The van der Waals surface area contributed by atoms with Crippen LogP contribution in [0.1, 0.15) is 24.3 Å². The van der Waals surface area contributed by atoms with Crippen molar-refractivity contribution in [1.29, 1.82) is 0 Å². The number of carbonyl (C=O) groups is 1. The highest BCUT2D eigenvalue weighted by molar-refractivity contribution is 5.93. The monoisotopic (exact) mass is 295 g/mol. The molecule has 1 rings (SSSR count). The minimum absolute atomic E-state index is 0.105. The number of nitrogens with zero attached hydrogens (tertiary/aromatic N) is 2. The Morgan fingerprint density at radius 3 is 2.38 bits per heavy atom. The first kappa shape index (κ1) is 17.4. The Bertz CT molecular complexity index is 416. The van der Waals surface area contributed by atoms with Gasteiger partial charge in [-0.25, -0.2) is 0 Å². The Morgan fingerprint density at radius 1 is 1.24 bits per heavy atom. The molecule has 1 amide bonds. The van der Waals surface area contributed by atoms with Crippen LogP contribution in [0.5, 0.6) is 0 Å². The summed E-state index contributed by atoms with van der Waals surface area (Å²) in [4.78, 5) is 18.4. The molecule has 0 fully saturated rings. The zero-order valence-electron chi connectivity index (χ0n) is 13.1. The summed E-state index contributed by atoms with van der Waals surface area (Å²) in [6.45, 7) is 7.24. The smallest absolute Gasteiger partial charge is 0.272 e. The quantitative estimate of drug-likeness (QED) is 0.665. The molecule has 0 aromatic carbocycles. The van der Waals surface area contributed by atoms with Crippen LogP contribution in [0.15, 0.2) is 18.3 Å². The second-order valence-corrected chi connectivity index (χ2v) is 4.37. The molecule has 118 valence electrons. The van der Waals surface area contributed by atoms with Gasteiger partial charge in [-0.2, -0.15) is 0 Å². The van der Waals surface area contributed by atoms with Crippen LogP contribution in [-0.4, -0.2) is 62.4 Å². The molecular weight excluding hydrogens is 270 g/mol. The highest BCUT2D eigenvalue weighted by Gasteiger charge is 2.17. The zero-order valence-corrected chi connectivity index (χ0v) is 13.1. The van der Waals surface area contributed by atoms with Crippen LogP contribution in [0.2, 0.25) is 0 Å². The molecule has 0 aliphatic rings. The van der Waals surface area contributed by atoms with E-state index < -0.39 is 0 Å². The van der Waals surface area contributed by atoms with E-state index in [1.807, 2.05) is 27.0 Å². The van der Waals surface area contributed by atoms with E-state index in [2.05, 4.69) is 10.3 Å². The van der Waals surface area contributed by atoms with Gasteiger partial charge in [-0.05, 0) is 26.0 Å². The average Bonchev–Trinajstić information content (AvgIpc) is 2.53. The topological polar surface area (TPSA) is 63.7 Å². The van der Waals surface area contributed by atoms with Crippen molar-refractivity contribution in [3.63, 3.8) is 0 Å². The summed E-state index contributed by atoms with van der Waals surface area (Å²) in [5.74, 6) is -0.105. The van der Waals surface area contributed by atoms with Crippen LogP contribution in [0.3, 0.4) is 0 Å². The van der Waals surface area contributed by atoms with Crippen molar-refractivity contribution in [3.05, 3.63) is 24.0 Å². The molecule has 1 N–H and O–H groups in total. The third-order valence-corrected chi connectivity index (χ3v) is 2.97. The third-order valence-electron chi connectivity index (χ3n) is 2.97. The molecule has 1 aromatic heterocycles. The fourth-order valence-electron chi connectivity index (χ4n) is 1.82. The Morgan fingerprint density at radius 2 is 1.86 bits per heavy atom. The summed E-state index contributed by atoms with van der Waals surface area (Å²) < 4.78 is 10.7. The van der Waals surface area contributed by atoms with Gasteiger partial charge < -0.3 is 19.7 Å². The molecule has 0 spiro atoms. The van der Waals surface area contributed by atoms with Crippen LogP contribution in [0.4, 0.5) is 5.69 Å². The normalized spacial score (nSPS) is 10.4. The van der Waals surface area contributed by atoms with Crippen molar-refractivity contribution < 1.29 is 14.3 Å². The lowest BCUT2D eigenvalue weighted by molar-refractivity contribution is 0.0545. The molecule has 0 radical (unpaired) electrons. The van der Waals surface area contributed by atoms with Gasteiger partial charge in [0, 0.05) is 45.2 Å². The predicted molar refractivity (Wildman–Crippen MR) is 82.7 cm³/mol. The Kier molecular flexibility index (Phi) is 8.38. The standard InChI is InChI=1S/C15H25N3O3/c1-4-20-10-8-18(9-11-21-5-2)15(19)14-12-13(16-3)6-7-17-14/h6-7,12H,4-5,8-11H2,1-3H3,(H,16,17). The number of pyridine rings is 1. The summed E-state index contributed by atoms with van der Waals surface area (Å²) in [5, 5.41) is 3.01. The van der Waals surface area contributed by atoms with Gasteiger partial charge in [-0.15, -0.1) is 0 Å². The van der Waals surface area contributed by atoms with Crippen LogP contribution >= 0.6 is 0 Å². The van der Waals surface area contributed by atoms with Crippen LogP contribution < -0.4 is 5.32 Å². The van der Waals surface area contributed by atoms with Crippen molar-refractivity contribution in [3.8, 4) is 0 Å². The largest absolute Gasteiger partial charge is 0.388 e. The number of aromatic nitrogens is 1. The number of hydrogen-bond acceptors (Lipinski definition) is 5. The highest BCUT2D eigenvalue weighted by atomic mass is 16.5. The first-order valence-electron chi connectivity index (χ1n) is 7.31. The van der Waals surface area contributed by atoms with Crippen molar-refractivity contribution in [1.82, 2.24) is 9.88 Å². The van der Waals surface area contributed by atoms with E-state index in [-0.39, 0.29) is 5.91 Å². The Labute approximate surface area is 126 Å². The number of anilines is 1. The zero-order chi connectivity index (χ0) is 15.5. The minimum atomic E-state index is -0.105. The molecule has 6 nitrogen and oxygen atoms in total. The molecule has 21 heavy (non-hydrogen) atoms. The molecular formula is C15H25N3O3. The molecule has 0 unspecified atom stereocenters. The van der Waals surface area contributed by atoms with E-state index in [4.69, 9.17) is 9.47 Å². The SMILES string of the molecule is CCOCCN(CCOCC)C(=O)c1cc(NC)ccn1. The van der Waals surface area contributed by atoms with E-state index in [0.717, 1.165) is 5.69 Å². The molecule has 1 aromatic rings. The Hall–Kier alpha value is -1.66. The van der Waals surface area contributed by atoms with E-state index in [9.17, 15) is 4.79 Å². The van der Waals surface area contributed by atoms with E-state index in [0.29, 0.717) is 45.2 Å². The van der Waals surface area contributed by atoms with Crippen LogP contribution in [0.25, 0.3) is 0 Å². The highest BCUT2D eigenvalue weighted by Crippen LogP contribution is 2.09. The van der Waals surface area contributed by atoms with Gasteiger partial charge in [-0.3, -0.25) is 9.78 Å². The molecule has 0 aliphatic heterocycles. The summed E-state index contributed by atoms with van der Waals surface area (Å²) in [6, 6.07) is 3.57. The second-order valence-electron chi connectivity index (χ2n) is 4.37. The van der Waals surface area contributed by atoms with Crippen molar-refractivity contribution in [2.75, 3.05) is 51.9 Å². The number of nitrogens with one attached hydrogen (secondary N) is 1. The fourth-order valence-corrected chi connectivity index (χ4v) is 1.82. The predicted octanol–water partition coefficient (Wildman–Crippen LogP) is 1.64. The first-order valence-corrected chi connectivity index (χ1v) is 7.31. The number of rotatable bonds is 10. The summed E-state index contributed by atoms with van der Waals surface area (Å²) in [5.41, 5.74) is 1.29. The number of hydrogen-bond donors (Lipinski definition) is 1. The number of carbonyl (C=O) groups excluding carboxylic acids is 1. The van der Waals surface area contributed by atoms with Gasteiger partial charge in [0.25, 0.3) is 5.91 Å². The molecule has 1 heterocycles. The second kappa shape index (κ2) is 10.1. The summed E-state index contributed by atoms with van der Waals surface area (Å²) in [7, 11) is 1.81. The lowest BCUT2D eigenvalue weighted by atomic mass is 10.2. The van der Waals surface area contributed by atoms with Crippen molar-refractivity contribution in [2.45, 2.75) is 13.8 Å². The fraction of sp³-hybridized carbons (Fsp3) is 0.600. The maximum atomic E-state index is 12.5. The lowest BCUT2D eigenvalue weighted by Crippen LogP contribution is -2.37. The van der Waals surface area contributed by atoms with E-state index in [1.54, 1.807) is 17.2 Å². The van der Waals surface area contributed by atoms with E-state index >= 15 is 0 Å².